The topological polar surface area (TPSA) is 20.3 Å². The van der Waals surface area contributed by atoms with E-state index in [0.29, 0.717) is 25.9 Å². The molecule has 0 aromatic rings. The molecule has 0 bridgehead atoms. The van der Waals surface area contributed by atoms with Gasteiger partial charge >= 0.3 is 6.18 Å². The Balaban J connectivity index is 4.82. The van der Waals surface area contributed by atoms with Crippen molar-refractivity contribution in [3.63, 3.8) is 0 Å². The van der Waals surface area contributed by atoms with Crippen LogP contribution < -0.4 is 0 Å². The second-order valence-electron chi connectivity index (χ2n) is 4.07. The maximum atomic E-state index is 12.8. The van der Waals surface area contributed by atoms with Crippen LogP contribution in [0.5, 0.6) is 0 Å². The molecule has 0 saturated heterocycles. The van der Waals surface area contributed by atoms with Crippen molar-refractivity contribution in [1.29, 1.82) is 0 Å². The molecule has 1 amide bonds. The first kappa shape index (κ1) is 18.5. The lowest BCUT2D eigenvalue weighted by atomic mass is 10.2. The normalized spacial score (nSPS) is 15.3. The zero-order chi connectivity index (χ0) is 14.4. The lowest BCUT2D eigenvalue weighted by molar-refractivity contribution is -0.159. The van der Waals surface area contributed by atoms with Crippen LogP contribution in [0, 0.1) is 0 Å². The molecule has 1 unspecified atom stereocenters. The van der Waals surface area contributed by atoms with Crippen molar-refractivity contribution < 1.29 is 18.0 Å². The van der Waals surface area contributed by atoms with Crippen LogP contribution in [0.3, 0.4) is 0 Å². The van der Waals surface area contributed by atoms with E-state index in [0.717, 1.165) is 35.4 Å². The molecular weight excluding hydrogens is 426 g/mol. The number of halogens is 5. The number of nitrogens with zero attached hydrogens (tertiary/aromatic N) is 1. The molecule has 108 valence electrons. The monoisotopic (exact) mass is 443 g/mol. The highest BCUT2D eigenvalue weighted by Gasteiger charge is 2.58. The van der Waals surface area contributed by atoms with E-state index >= 15 is 0 Å². The van der Waals surface area contributed by atoms with Crippen LogP contribution in [-0.2, 0) is 4.79 Å². The van der Waals surface area contributed by atoms with Gasteiger partial charge in [-0.05, 0) is 35.4 Å². The number of hydrogen-bond donors (Lipinski definition) is 0. The SMILES string of the molecule is CCCCN(CCCC)C(=O)C(Br)(I)C(F)(F)F. The average Bonchev–Trinajstić information content (AvgIpc) is 2.27. The van der Waals surface area contributed by atoms with Crippen molar-refractivity contribution in [2.75, 3.05) is 13.1 Å². The Morgan fingerprint density at radius 3 is 1.83 bits per heavy atom. The number of alkyl halides is 5. The number of carbonyl (C=O) groups is 1. The average molecular weight is 444 g/mol. The predicted molar refractivity (Wildman–Crippen MR) is 78.1 cm³/mol. The van der Waals surface area contributed by atoms with Gasteiger partial charge in [-0.15, -0.1) is 0 Å². The van der Waals surface area contributed by atoms with Crippen molar-refractivity contribution in [3.8, 4) is 0 Å². The van der Waals surface area contributed by atoms with Gasteiger partial charge in [0.25, 0.3) is 5.91 Å². The summed E-state index contributed by atoms with van der Waals surface area (Å²) in [5.41, 5.74) is 0. The van der Waals surface area contributed by atoms with E-state index in [1.165, 1.54) is 4.90 Å². The van der Waals surface area contributed by atoms with Gasteiger partial charge in [0.2, 0.25) is 2.33 Å². The minimum Gasteiger partial charge on any atom is -0.340 e. The van der Waals surface area contributed by atoms with Gasteiger partial charge in [-0.3, -0.25) is 4.79 Å². The highest BCUT2D eigenvalue weighted by atomic mass is 127. The third-order valence-electron chi connectivity index (χ3n) is 2.48. The molecule has 2 nitrogen and oxygen atoms in total. The molecule has 0 aromatic heterocycles. The molecule has 0 heterocycles. The summed E-state index contributed by atoms with van der Waals surface area (Å²) >= 11 is 3.65. The fourth-order valence-electron chi connectivity index (χ4n) is 1.33. The standard InChI is InChI=1S/C11H18BrF3INO/c1-3-5-7-17(8-6-4-2)9(18)10(12,16)11(13,14)15/h3-8H2,1-2H3. The van der Waals surface area contributed by atoms with Gasteiger partial charge in [0, 0.05) is 13.1 Å². The van der Waals surface area contributed by atoms with Crippen molar-refractivity contribution in [1.82, 2.24) is 4.90 Å². The van der Waals surface area contributed by atoms with Gasteiger partial charge in [0.15, 0.2) is 0 Å². The molecule has 0 saturated carbocycles. The Morgan fingerprint density at radius 1 is 1.17 bits per heavy atom. The summed E-state index contributed by atoms with van der Waals surface area (Å²) in [7, 11) is 0. The number of amides is 1. The third-order valence-corrected chi connectivity index (χ3v) is 4.34. The van der Waals surface area contributed by atoms with Crippen LogP contribution in [0.1, 0.15) is 39.5 Å². The maximum absolute atomic E-state index is 12.8. The first-order valence-electron chi connectivity index (χ1n) is 5.92. The van der Waals surface area contributed by atoms with Gasteiger partial charge in [0.05, 0.1) is 0 Å². The van der Waals surface area contributed by atoms with Crippen LogP contribution in [0.25, 0.3) is 0 Å². The smallest absolute Gasteiger partial charge is 0.340 e. The Kier molecular flexibility index (Phi) is 8.12. The van der Waals surface area contributed by atoms with Crippen molar-refractivity contribution in [2.24, 2.45) is 0 Å². The zero-order valence-electron chi connectivity index (χ0n) is 10.5. The second kappa shape index (κ2) is 7.91. The minimum atomic E-state index is -4.60. The minimum absolute atomic E-state index is 0.377. The summed E-state index contributed by atoms with van der Waals surface area (Å²) in [5, 5.41) is 0. The summed E-state index contributed by atoms with van der Waals surface area (Å²) in [6.45, 7) is 4.64. The van der Waals surface area contributed by atoms with E-state index in [1.807, 2.05) is 13.8 Å². The quantitative estimate of drug-likeness (QED) is 0.419. The maximum Gasteiger partial charge on any atom is 0.421 e. The van der Waals surface area contributed by atoms with Crippen molar-refractivity contribution in [2.45, 2.75) is 48.0 Å². The summed E-state index contributed by atoms with van der Waals surface area (Å²) in [4.78, 5) is 13.3. The fraction of sp³-hybridized carbons (Fsp3) is 0.909. The van der Waals surface area contributed by atoms with E-state index < -0.39 is 14.4 Å². The number of unbranched alkanes of at least 4 members (excludes halogenated alkanes) is 2. The highest BCUT2D eigenvalue weighted by Crippen LogP contribution is 2.45. The van der Waals surface area contributed by atoms with Gasteiger partial charge in [0.1, 0.15) is 0 Å². The number of carbonyl (C=O) groups excluding carboxylic acids is 1. The number of hydrogen-bond acceptors (Lipinski definition) is 1. The first-order chi connectivity index (χ1) is 8.18. The van der Waals surface area contributed by atoms with Gasteiger partial charge in [-0.2, -0.15) is 13.2 Å². The van der Waals surface area contributed by atoms with E-state index in [2.05, 4.69) is 15.9 Å². The van der Waals surface area contributed by atoms with Crippen LogP contribution in [-0.4, -0.2) is 32.4 Å². The lowest BCUT2D eigenvalue weighted by Crippen LogP contribution is -2.50. The van der Waals surface area contributed by atoms with Crippen LogP contribution in [0.2, 0.25) is 0 Å². The van der Waals surface area contributed by atoms with Gasteiger partial charge in [-0.1, -0.05) is 42.6 Å². The molecule has 0 aliphatic heterocycles. The molecular formula is C11H18BrF3INO. The summed E-state index contributed by atoms with van der Waals surface area (Å²) in [6.07, 6.45) is -1.47. The zero-order valence-corrected chi connectivity index (χ0v) is 14.2. The van der Waals surface area contributed by atoms with E-state index in [1.54, 1.807) is 0 Å². The summed E-state index contributed by atoms with van der Waals surface area (Å²) in [6, 6.07) is 0. The Labute approximate surface area is 128 Å². The number of rotatable bonds is 7. The Morgan fingerprint density at radius 2 is 1.56 bits per heavy atom. The molecule has 0 aliphatic rings. The molecule has 0 spiro atoms. The van der Waals surface area contributed by atoms with Crippen LogP contribution in [0.15, 0.2) is 0 Å². The molecule has 18 heavy (non-hydrogen) atoms. The molecule has 0 aliphatic carbocycles. The van der Waals surface area contributed by atoms with Crippen molar-refractivity contribution >= 4 is 44.4 Å². The van der Waals surface area contributed by atoms with E-state index in [-0.39, 0.29) is 0 Å². The first-order valence-corrected chi connectivity index (χ1v) is 7.79. The lowest BCUT2D eigenvalue weighted by Gasteiger charge is -2.30. The molecule has 1 atom stereocenters. The highest BCUT2D eigenvalue weighted by molar-refractivity contribution is 14.1. The molecule has 0 radical (unpaired) electrons. The van der Waals surface area contributed by atoms with Crippen LogP contribution in [0.4, 0.5) is 13.2 Å². The molecule has 0 aromatic carbocycles. The van der Waals surface area contributed by atoms with E-state index in [4.69, 9.17) is 0 Å². The van der Waals surface area contributed by atoms with Crippen molar-refractivity contribution in [3.05, 3.63) is 0 Å². The molecule has 0 fully saturated rings. The Hall–Kier alpha value is 0.470. The van der Waals surface area contributed by atoms with E-state index in [9.17, 15) is 18.0 Å². The third kappa shape index (κ3) is 5.22. The van der Waals surface area contributed by atoms with Gasteiger partial charge in [-0.25, -0.2) is 0 Å². The second-order valence-corrected chi connectivity index (χ2v) is 8.36. The van der Waals surface area contributed by atoms with Crippen LogP contribution >= 0.6 is 38.5 Å². The summed E-state index contributed by atoms with van der Waals surface area (Å²) < 4.78 is 35.8. The fourth-order valence-corrected chi connectivity index (χ4v) is 1.92. The largest absolute Gasteiger partial charge is 0.421 e. The predicted octanol–water partition coefficient (Wildman–Crippen LogP) is 4.50. The summed E-state index contributed by atoms with van der Waals surface area (Å²) in [5.74, 6) is -0.905. The molecule has 7 heteroatoms. The Bertz CT molecular complexity index is 264. The molecule has 0 rings (SSSR count). The molecule has 0 N–H and O–H groups in total. The van der Waals surface area contributed by atoms with Gasteiger partial charge < -0.3 is 4.90 Å².